The Kier molecular flexibility index (Phi) is 2.39. The number of rotatable bonds is 3. The first-order valence-electron chi connectivity index (χ1n) is 4.94. The lowest BCUT2D eigenvalue weighted by Crippen LogP contribution is -2.38. The fraction of sp³-hybridized carbons (Fsp3) is 0.750. The van der Waals surface area contributed by atoms with Crippen molar-refractivity contribution in [3.8, 4) is 0 Å². The molecule has 1 aromatic heterocycles. The quantitative estimate of drug-likeness (QED) is 0.576. The molecule has 1 fully saturated rings. The summed E-state index contributed by atoms with van der Waals surface area (Å²) in [6.45, 7) is 0.452. The van der Waals surface area contributed by atoms with Crippen LogP contribution < -0.4 is 5.73 Å². The SMILES string of the molecule is NCC1(n2cnc([N+](=O)[O-])n2)CCCC1. The molecule has 1 aliphatic rings. The molecule has 0 saturated heterocycles. The maximum absolute atomic E-state index is 10.5. The molecule has 1 aromatic rings. The van der Waals surface area contributed by atoms with Crippen molar-refractivity contribution in [3.63, 3.8) is 0 Å². The monoisotopic (exact) mass is 211 g/mol. The van der Waals surface area contributed by atoms with E-state index in [1.807, 2.05) is 0 Å². The predicted molar refractivity (Wildman–Crippen MR) is 52.2 cm³/mol. The number of nitrogens with two attached hydrogens (primary N) is 1. The average molecular weight is 211 g/mol. The summed E-state index contributed by atoms with van der Waals surface area (Å²) >= 11 is 0. The van der Waals surface area contributed by atoms with E-state index in [1.54, 1.807) is 4.68 Å². The largest absolute Gasteiger partial charge is 0.490 e. The molecule has 0 spiro atoms. The van der Waals surface area contributed by atoms with Crippen LogP contribution >= 0.6 is 0 Å². The molecular weight excluding hydrogens is 198 g/mol. The minimum atomic E-state index is -0.588. The number of aromatic nitrogens is 3. The second-order valence-corrected chi connectivity index (χ2v) is 3.88. The van der Waals surface area contributed by atoms with Crippen molar-refractivity contribution in [1.29, 1.82) is 0 Å². The molecule has 82 valence electrons. The first kappa shape index (κ1) is 10.0. The highest BCUT2D eigenvalue weighted by Crippen LogP contribution is 2.35. The second-order valence-electron chi connectivity index (χ2n) is 3.88. The van der Waals surface area contributed by atoms with Gasteiger partial charge in [-0.25, -0.2) is 0 Å². The lowest BCUT2D eigenvalue weighted by Gasteiger charge is -2.23. The fourth-order valence-corrected chi connectivity index (χ4v) is 2.13. The third-order valence-electron chi connectivity index (χ3n) is 3.04. The van der Waals surface area contributed by atoms with Crippen molar-refractivity contribution >= 4 is 5.95 Å². The third-order valence-corrected chi connectivity index (χ3v) is 3.04. The minimum Gasteiger partial charge on any atom is -0.390 e. The summed E-state index contributed by atoms with van der Waals surface area (Å²) in [7, 11) is 0. The summed E-state index contributed by atoms with van der Waals surface area (Å²) in [6, 6.07) is 0. The maximum atomic E-state index is 10.5. The van der Waals surface area contributed by atoms with Crippen LogP contribution in [-0.4, -0.2) is 26.2 Å². The van der Waals surface area contributed by atoms with Crippen LogP contribution in [0.4, 0.5) is 5.95 Å². The second kappa shape index (κ2) is 3.58. The van der Waals surface area contributed by atoms with Crippen LogP contribution in [-0.2, 0) is 5.54 Å². The molecule has 0 aromatic carbocycles. The Balaban J connectivity index is 2.30. The zero-order chi connectivity index (χ0) is 10.9. The summed E-state index contributed by atoms with van der Waals surface area (Å²) in [5, 5.41) is 14.3. The standard InChI is InChI=1S/C8H13N5O2/c9-5-8(3-1-2-4-8)12-6-10-7(11-12)13(14)15/h6H,1-5,9H2. The predicted octanol–water partition coefficient (Wildman–Crippen LogP) is 0.414. The Morgan fingerprint density at radius 1 is 1.60 bits per heavy atom. The lowest BCUT2D eigenvalue weighted by molar-refractivity contribution is -0.394. The van der Waals surface area contributed by atoms with E-state index in [-0.39, 0.29) is 11.5 Å². The van der Waals surface area contributed by atoms with E-state index in [0.29, 0.717) is 6.54 Å². The van der Waals surface area contributed by atoms with Gasteiger partial charge in [0.05, 0.1) is 5.54 Å². The van der Waals surface area contributed by atoms with Crippen LogP contribution in [0.1, 0.15) is 25.7 Å². The molecule has 0 amide bonds. The van der Waals surface area contributed by atoms with Gasteiger partial charge >= 0.3 is 5.95 Å². The van der Waals surface area contributed by atoms with Crippen molar-refractivity contribution in [2.24, 2.45) is 5.73 Å². The molecule has 0 radical (unpaired) electrons. The van der Waals surface area contributed by atoms with Gasteiger partial charge in [-0.2, -0.15) is 4.68 Å². The Labute approximate surface area is 86.4 Å². The molecule has 0 atom stereocenters. The Morgan fingerprint density at radius 3 is 2.73 bits per heavy atom. The van der Waals surface area contributed by atoms with E-state index < -0.39 is 4.92 Å². The Hall–Kier alpha value is -1.50. The summed E-state index contributed by atoms with van der Waals surface area (Å²) < 4.78 is 1.57. The van der Waals surface area contributed by atoms with Crippen molar-refractivity contribution in [3.05, 3.63) is 16.4 Å². The number of nitro groups is 1. The van der Waals surface area contributed by atoms with E-state index in [2.05, 4.69) is 10.1 Å². The maximum Gasteiger partial charge on any atom is 0.490 e. The number of hydrogen-bond donors (Lipinski definition) is 1. The van der Waals surface area contributed by atoms with Crippen LogP contribution in [0.15, 0.2) is 6.33 Å². The molecule has 1 heterocycles. The summed E-state index contributed by atoms with van der Waals surface area (Å²) in [5.74, 6) is -0.352. The van der Waals surface area contributed by atoms with Gasteiger partial charge in [-0.05, 0) is 17.8 Å². The molecule has 0 bridgehead atoms. The highest BCUT2D eigenvalue weighted by atomic mass is 16.6. The van der Waals surface area contributed by atoms with E-state index in [1.165, 1.54) is 6.33 Å². The zero-order valence-electron chi connectivity index (χ0n) is 8.30. The normalized spacial score (nSPS) is 19.3. The summed E-state index contributed by atoms with van der Waals surface area (Å²) in [6.07, 6.45) is 5.43. The zero-order valence-corrected chi connectivity index (χ0v) is 8.30. The molecule has 1 saturated carbocycles. The molecule has 2 rings (SSSR count). The van der Waals surface area contributed by atoms with Crippen molar-refractivity contribution in [1.82, 2.24) is 14.8 Å². The smallest absolute Gasteiger partial charge is 0.390 e. The first-order chi connectivity index (χ1) is 7.18. The van der Waals surface area contributed by atoms with Crippen LogP contribution in [0.3, 0.4) is 0 Å². The molecule has 7 heteroatoms. The van der Waals surface area contributed by atoms with Crippen molar-refractivity contribution < 1.29 is 4.92 Å². The van der Waals surface area contributed by atoms with E-state index >= 15 is 0 Å². The van der Waals surface area contributed by atoms with Crippen molar-refractivity contribution in [2.45, 2.75) is 31.2 Å². The summed E-state index contributed by atoms with van der Waals surface area (Å²) in [4.78, 5) is 13.5. The average Bonchev–Trinajstić information content (AvgIpc) is 2.87. The number of hydrogen-bond acceptors (Lipinski definition) is 5. The molecule has 0 unspecified atom stereocenters. The molecule has 2 N–H and O–H groups in total. The van der Waals surface area contributed by atoms with Crippen molar-refractivity contribution in [2.75, 3.05) is 6.54 Å². The van der Waals surface area contributed by atoms with Gasteiger partial charge in [0.25, 0.3) is 0 Å². The van der Waals surface area contributed by atoms with Crippen LogP contribution in [0, 0.1) is 10.1 Å². The minimum absolute atomic E-state index is 0.249. The Bertz CT molecular complexity index is 369. The Morgan fingerprint density at radius 2 is 2.27 bits per heavy atom. The molecule has 15 heavy (non-hydrogen) atoms. The van der Waals surface area contributed by atoms with Crippen LogP contribution in [0.5, 0.6) is 0 Å². The molecular formula is C8H13N5O2. The lowest BCUT2D eigenvalue weighted by atomic mass is 9.99. The van der Waals surface area contributed by atoms with Gasteiger partial charge in [0.1, 0.15) is 0 Å². The molecule has 0 aliphatic heterocycles. The third kappa shape index (κ3) is 1.58. The van der Waals surface area contributed by atoms with Crippen LogP contribution in [0.2, 0.25) is 0 Å². The highest BCUT2D eigenvalue weighted by Gasteiger charge is 2.38. The van der Waals surface area contributed by atoms with Gasteiger partial charge in [-0.15, -0.1) is 0 Å². The van der Waals surface area contributed by atoms with Gasteiger partial charge in [-0.3, -0.25) is 0 Å². The van der Waals surface area contributed by atoms with Gasteiger partial charge in [0.2, 0.25) is 6.33 Å². The number of nitrogens with zero attached hydrogens (tertiary/aromatic N) is 4. The fourth-order valence-electron chi connectivity index (χ4n) is 2.13. The van der Waals surface area contributed by atoms with Gasteiger partial charge in [0, 0.05) is 11.6 Å². The molecule has 1 aliphatic carbocycles. The summed E-state index contributed by atoms with van der Waals surface area (Å²) in [5.41, 5.74) is 5.48. The topological polar surface area (TPSA) is 99.9 Å². The van der Waals surface area contributed by atoms with E-state index in [9.17, 15) is 10.1 Å². The van der Waals surface area contributed by atoms with E-state index in [4.69, 9.17) is 5.73 Å². The van der Waals surface area contributed by atoms with Crippen LogP contribution in [0.25, 0.3) is 0 Å². The molecule has 7 nitrogen and oxygen atoms in total. The van der Waals surface area contributed by atoms with E-state index in [0.717, 1.165) is 25.7 Å². The highest BCUT2D eigenvalue weighted by molar-refractivity contribution is 5.01. The van der Waals surface area contributed by atoms with Gasteiger partial charge in [-0.1, -0.05) is 17.8 Å². The van der Waals surface area contributed by atoms with Gasteiger partial charge < -0.3 is 15.8 Å². The first-order valence-corrected chi connectivity index (χ1v) is 4.94. The van der Waals surface area contributed by atoms with Gasteiger partial charge in [0.15, 0.2) is 0 Å².